The van der Waals surface area contributed by atoms with Gasteiger partial charge in [0.25, 0.3) is 5.91 Å². The number of amides is 1. The van der Waals surface area contributed by atoms with E-state index in [4.69, 9.17) is 4.74 Å². The van der Waals surface area contributed by atoms with E-state index in [1.807, 2.05) is 31.2 Å². The average molecular weight is 377 g/mol. The van der Waals surface area contributed by atoms with Crippen LogP contribution in [0.4, 0.5) is 0 Å². The van der Waals surface area contributed by atoms with E-state index in [2.05, 4.69) is 25.1 Å². The predicted octanol–water partition coefficient (Wildman–Crippen LogP) is 3.08. The van der Waals surface area contributed by atoms with Crippen LogP contribution in [0.5, 0.6) is 5.75 Å². The number of fused-ring (bicyclic) bond motifs is 1. The number of ether oxygens (including phenoxy) is 1. The molecule has 0 bridgehead atoms. The fraction of sp³-hybridized carbons (Fsp3) is 0.333. The molecule has 0 saturated carbocycles. The summed E-state index contributed by atoms with van der Waals surface area (Å²) in [5.41, 5.74) is 1.52. The second kappa shape index (κ2) is 8.21. The van der Waals surface area contributed by atoms with Crippen LogP contribution in [0.2, 0.25) is 0 Å². The Kier molecular flexibility index (Phi) is 5.32. The number of aryl methyl sites for hydroxylation is 1. The Morgan fingerprint density at radius 1 is 1.25 bits per heavy atom. The Labute approximate surface area is 163 Å². The van der Waals surface area contributed by atoms with Gasteiger partial charge in [-0.2, -0.15) is 0 Å². The van der Waals surface area contributed by atoms with Crippen molar-refractivity contribution in [3.63, 3.8) is 0 Å². The third-order valence-electron chi connectivity index (χ3n) is 4.85. The molecule has 0 saturated heterocycles. The van der Waals surface area contributed by atoms with Crippen molar-refractivity contribution in [3.8, 4) is 5.75 Å². The van der Waals surface area contributed by atoms with Gasteiger partial charge in [-0.05, 0) is 44.0 Å². The Morgan fingerprint density at radius 2 is 2.18 bits per heavy atom. The van der Waals surface area contributed by atoms with E-state index in [0.29, 0.717) is 17.9 Å². The number of benzene rings is 1. The summed E-state index contributed by atoms with van der Waals surface area (Å²) in [7, 11) is 0. The van der Waals surface area contributed by atoms with Gasteiger partial charge in [0.05, 0.1) is 6.04 Å². The van der Waals surface area contributed by atoms with Crippen LogP contribution in [0, 0.1) is 0 Å². The van der Waals surface area contributed by atoms with Gasteiger partial charge in [0.15, 0.2) is 5.82 Å². The van der Waals surface area contributed by atoms with E-state index in [1.54, 1.807) is 24.5 Å². The van der Waals surface area contributed by atoms with Gasteiger partial charge in [-0.25, -0.2) is 0 Å². The number of nitrogens with zero attached hydrogens (tertiary/aromatic N) is 4. The van der Waals surface area contributed by atoms with E-state index in [1.165, 1.54) is 0 Å². The maximum absolute atomic E-state index is 12.7. The van der Waals surface area contributed by atoms with Gasteiger partial charge in [-0.1, -0.05) is 12.1 Å². The molecule has 7 nitrogen and oxygen atoms in total. The van der Waals surface area contributed by atoms with E-state index >= 15 is 0 Å². The highest BCUT2D eigenvalue weighted by Gasteiger charge is 2.21. The number of pyridine rings is 1. The molecular weight excluding hydrogens is 354 g/mol. The van der Waals surface area contributed by atoms with Crippen molar-refractivity contribution < 1.29 is 9.53 Å². The molecule has 3 heterocycles. The van der Waals surface area contributed by atoms with Crippen molar-refractivity contribution in [2.75, 3.05) is 0 Å². The van der Waals surface area contributed by atoms with Crippen molar-refractivity contribution in [2.24, 2.45) is 0 Å². The first-order valence-electron chi connectivity index (χ1n) is 9.55. The first-order valence-corrected chi connectivity index (χ1v) is 9.55. The molecule has 7 heteroatoms. The molecule has 2 aromatic heterocycles. The van der Waals surface area contributed by atoms with Gasteiger partial charge in [-0.15, -0.1) is 10.2 Å². The molecule has 1 N–H and O–H groups in total. The van der Waals surface area contributed by atoms with Crippen LogP contribution in [-0.2, 0) is 19.6 Å². The molecule has 0 radical (unpaired) electrons. The van der Waals surface area contributed by atoms with Gasteiger partial charge in [0.1, 0.15) is 18.2 Å². The van der Waals surface area contributed by atoms with Crippen LogP contribution in [0.25, 0.3) is 0 Å². The van der Waals surface area contributed by atoms with E-state index < -0.39 is 0 Å². The number of carbonyl (C=O) groups is 1. The topological polar surface area (TPSA) is 81.9 Å². The molecule has 3 aromatic rings. The number of aromatic nitrogens is 4. The van der Waals surface area contributed by atoms with Gasteiger partial charge in [0.2, 0.25) is 0 Å². The van der Waals surface area contributed by atoms with Crippen LogP contribution >= 0.6 is 0 Å². The van der Waals surface area contributed by atoms with E-state index in [9.17, 15) is 4.79 Å². The summed E-state index contributed by atoms with van der Waals surface area (Å²) in [6.45, 7) is 3.25. The monoisotopic (exact) mass is 377 g/mol. The summed E-state index contributed by atoms with van der Waals surface area (Å²) in [5, 5.41) is 11.6. The molecule has 1 aliphatic rings. The smallest absolute Gasteiger partial charge is 0.251 e. The first-order chi connectivity index (χ1) is 13.7. The Balaban J connectivity index is 1.41. The molecule has 28 heavy (non-hydrogen) atoms. The molecule has 0 spiro atoms. The highest BCUT2D eigenvalue weighted by atomic mass is 16.5. The normalized spacial score (nSPS) is 14.2. The summed E-state index contributed by atoms with van der Waals surface area (Å²) < 4.78 is 7.91. The Bertz CT molecular complexity index is 954. The summed E-state index contributed by atoms with van der Waals surface area (Å²) in [5.74, 6) is 2.30. The SMILES string of the molecule is C[C@H](NC(=O)c1cccc(OCc2cccnc2)c1)c1nnc2n1CCCC2. The Morgan fingerprint density at radius 3 is 3.04 bits per heavy atom. The number of hydrogen-bond donors (Lipinski definition) is 1. The van der Waals surface area contributed by atoms with Gasteiger partial charge < -0.3 is 14.6 Å². The molecule has 1 aromatic carbocycles. The minimum atomic E-state index is -0.216. The fourth-order valence-corrected chi connectivity index (χ4v) is 3.37. The fourth-order valence-electron chi connectivity index (χ4n) is 3.37. The number of rotatable bonds is 6. The molecule has 1 aliphatic heterocycles. The molecule has 0 unspecified atom stereocenters. The number of nitrogens with one attached hydrogen (secondary N) is 1. The zero-order valence-electron chi connectivity index (χ0n) is 15.8. The minimum absolute atomic E-state index is 0.160. The third-order valence-corrected chi connectivity index (χ3v) is 4.85. The summed E-state index contributed by atoms with van der Waals surface area (Å²) in [6, 6.07) is 10.8. The number of hydrogen-bond acceptors (Lipinski definition) is 5. The standard InChI is InChI=1S/C21H23N5O2/c1-15(20-25-24-19-9-2-3-11-26(19)20)23-21(27)17-7-4-8-18(12-17)28-14-16-6-5-10-22-13-16/h4-8,10,12-13,15H,2-3,9,11,14H2,1H3,(H,23,27)/t15-/m0/s1. The summed E-state index contributed by atoms with van der Waals surface area (Å²) in [6.07, 6.45) is 6.70. The largest absolute Gasteiger partial charge is 0.489 e. The van der Waals surface area contributed by atoms with Crippen LogP contribution in [0.1, 0.15) is 53.4 Å². The zero-order valence-corrected chi connectivity index (χ0v) is 15.8. The van der Waals surface area contributed by atoms with Crippen LogP contribution in [0.3, 0.4) is 0 Å². The van der Waals surface area contributed by atoms with Gasteiger partial charge >= 0.3 is 0 Å². The lowest BCUT2D eigenvalue weighted by Gasteiger charge is -2.19. The van der Waals surface area contributed by atoms with Crippen LogP contribution in [0.15, 0.2) is 48.8 Å². The van der Waals surface area contributed by atoms with Crippen molar-refractivity contribution in [1.29, 1.82) is 0 Å². The van der Waals surface area contributed by atoms with Crippen LogP contribution < -0.4 is 10.1 Å². The highest BCUT2D eigenvalue weighted by molar-refractivity contribution is 5.94. The maximum Gasteiger partial charge on any atom is 0.251 e. The first kappa shape index (κ1) is 18.2. The van der Waals surface area contributed by atoms with Crippen molar-refractivity contribution in [2.45, 2.75) is 45.4 Å². The quantitative estimate of drug-likeness (QED) is 0.714. The van der Waals surface area contributed by atoms with E-state index in [0.717, 1.165) is 43.0 Å². The summed E-state index contributed by atoms with van der Waals surface area (Å²) in [4.78, 5) is 16.8. The molecule has 0 fully saturated rings. The lowest BCUT2D eigenvalue weighted by molar-refractivity contribution is 0.0937. The van der Waals surface area contributed by atoms with Gasteiger partial charge in [0, 0.05) is 36.5 Å². The average Bonchev–Trinajstić information content (AvgIpc) is 3.17. The van der Waals surface area contributed by atoms with Crippen LogP contribution in [-0.4, -0.2) is 25.7 Å². The van der Waals surface area contributed by atoms with E-state index in [-0.39, 0.29) is 11.9 Å². The summed E-state index contributed by atoms with van der Waals surface area (Å²) >= 11 is 0. The lowest BCUT2D eigenvalue weighted by Crippen LogP contribution is -2.29. The maximum atomic E-state index is 12.7. The van der Waals surface area contributed by atoms with Crippen molar-refractivity contribution in [3.05, 3.63) is 71.6 Å². The molecule has 144 valence electrons. The zero-order chi connectivity index (χ0) is 19.3. The molecule has 1 atom stereocenters. The second-order valence-corrected chi connectivity index (χ2v) is 6.96. The van der Waals surface area contributed by atoms with Gasteiger partial charge in [-0.3, -0.25) is 9.78 Å². The highest BCUT2D eigenvalue weighted by Crippen LogP contribution is 2.20. The Hall–Kier alpha value is -3.22. The molecule has 4 rings (SSSR count). The number of carbonyl (C=O) groups excluding carboxylic acids is 1. The lowest BCUT2D eigenvalue weighted by atomic mass is 10.1. The van der Waals surface area contributed by atoms with Crippen molar-refractivity contribution >= 4 is 5.91 Å². The third kappa shape index (κ3) is 4.03. The second-order valence-electron chi connectivity index (χ2n) is 6.96. The molecule has 1 amide bonds. The minimum Gasteiger partial charge on any atom is -0.489 e. The molecular formula is C21H23N5O2. The van der Waals surface area contributed by atoms with Crippen molar-refractivity contribution in [1.82, 2.24) is 25.1 Å². The predicted molar refractivity (Wildman–Crippen MR) is 104 cm³/mol. The molecule has 0 aliphatic carbocycles.